The molecule has 0 aliphatic carbocycles. The molecule has 1 amide bonds. The summed E-state index contributed by atoms with van der Waals surface area (Å²) in [6.45, 7) is 6.42. The van der Waals surface area contributed by atoms with E-state index in [1.165, 1.54) is 0 Å². The van der Waals surface area contributed by atoms with E-state index in [1.807, 2.05) is 20.8 Å². The van der Waals surface area contributed by atoms with Crippen molar-refractivity contribution < 1.29 is 19.8 Å². The number of carbonyl (C=O) groups is 2. The van der Waals surface area contributed by atoms with Crippen LogP contribution in [0, 0.1) is 5.41 Å². The Bertz CT molecular complexity index is 321. The van der Waals surface area contributed by atoms with Crippen LogP contribution >= 0.6 is 0 Å². The zero-order chi connectivity index (χ0) is 13.3. The second kappa shape index (κ2) is 4.55. The Balaban J connectivity index is 2.89. The van der Waals surface area contributed by atoms with E-state index in [-0.39, 0.29) is 5.41 Å². The molecule has 0 bridgehead atoms. The van der Waals surface area contributed by atoms with Crippen LogP contribution in [0.25, 0.3) is 0 Å². The Morgan fingerprint density at radius 2 is 1.88 bits per heavy atom. The van der Waals surface area contributed by atoms with Crippen molar-refractivity contribution in [2.75, 3.05) is 6.54 Å². The minimum Gasteiger partial charge on any atom is -0.479 e. The summed E-state index contributed by atoms with van der Waals surface area (Å²) < 4.78 is 0. The van der Waals surface area contributed by atoms with E-state index in [2.05, 4.69) is 0 Å². The molecule has 0 spiro atoms. The second-order valence-electron chi connectivity index (χ2n) is 5.94. The molecular weight excluding hydrogens is 222 g/mol. The molecule has 1 aliphatic rings. The Morgan fingerprint density at radius 3 is 2.29 bits per heavy atom. The number of rotatable bonds is 3. The van der Waals surface area contributed by atoms with E-state index < -0.39 is 17.6 Å². The highest BCUT2D eigenvalue weighted by Crippen LogP contribution is 2.37. The van der Waals surface area contributed by atoms with Gasteiger partial charge in [0.05, 0.1) is 0 Å². The number of nitrogens with zero attached hydrogens (tertiary/aromatic N) is 1. The van der Waals surface area contributed by atoms with Gasteiger partial charge in [0.2, 0.25) is 0 Å². The summed E-state index contributed by atoms with van der Waals surface area (Å²) in [5.41, 5.74) is -1.20. The number of aliphatic carboxylic acids is 1. The van der Waals surface area contributed by atoms with Crippen molar-refractivity contribution in [2.45, 2.75) is 52.0 Å². The van der Waals surface area contributed by atoms with Gasteiger partial charge in [-0.1, -0.05) is 20.8 Å². The van der Waals surface area contributed by atoms with Crippen LogP contribution < -0.4 is 0 Å². The molecule has 1 fully saturated rings. The Hall–Kier alpha value is -1.26. The van der Waals surface area contributed by atoms with Crippen molar-refractivity contribution in [3.05, 3.63) is 0 Å². The van der Waals surface area contributed by atoms with Crippen LogP contribution in [0.1, 0.15) is 46.5 Å². The van der Waals surface area contributed by atoms with Gasteiger partial charge in [-0.05, 0) is 31.1 Å². The van der Waals surface area contributed by atoms with Crippen molar-refractivity contribution >= 4 is 12.1 Å². The molecule has 1 atom stereocenters. The maximum Gasteiger partial charge on any atom is 0.408 e. The fourth-order valence-electron chi connectivity index (χ4n) is 2.33. The normalized spacial score (nSPS) is 25.0. The van der Waals surface area contributed by atoms with Crippen molar-refractivity contribution in [1.82, 2.24) is 4.90 Å². The van der Waals surface area contributed by atoms with E-state index in [1.54, 1.807) is 0 Å². The van der Waals surface area contributed by atoms with Gasteiger partial charge < -0.3 is 10.2 Å². The second-order valence-corrected chi connectivity index (χ2v) is 5.94. The molecule has 2 N–H and O–H groups in total. The topological polar surface area (TPSA) is 77.8 Å². The number of carboxylic acid groups (broad SMARTS) is 2. The number of amides is 1. The summed E-state index contributed by atoms with van der Waals surface area (Å²) in [4.78, 5) is 23.7. The molecule has 0 aromatic carbocycles. The molecule has 1 aliphatic heterocycles. The Kier molecular flexibility index (Phi) is 3.69. The average molecular weight is 243 g/mol. The van der Waals surface area contributed by atoms with Crippen LogP contribution in [0.4, 0.5) is 4.79 Å². The van der Waals surface area contributed by atoms with Crippen molar-refractivity contribution in [3.8, 4) is 0 Å². The highest BCUT2D eigenvalue weighted by Gasteiger charge is 2.50. The molecule has 98 valence electrons. The van der Waals surface area contributed by atoms with Gasteiger partial charge in [0.25, 0.3) is 0 Å². The third-order valence-corrected chi connectivity index (χ3v) is 3.41. The van der Waals surface area contributed by atoms with E-state index in [0.717, 1.165) is 4.90 Å². The fraction of sp³-hybridized carbons (Fsp3) is 0.833. The number of carboxylic acids is 1. The predicted molar refractivity (Wildman–Crippen MR) is 63.0 cm³/mol. The quantitative estimate of drug-likeness (QED) is 0.797. The number of hydrogen-bond donors (Lipinski definition) is 2. The first kappa shape index (κ1) is 13.8. The summed E-state index contributed by atoms with van der Waals surface area (Å²) in [6.07, 6.45) is 1.01. The molecular formula is C12H21NO4. The van der Waals surface area contributed by atoms with Crippen LogP contribution in [0.3, 0.4) is 0 Å². The van der Waals surface area contributed by atoms with E-state index in [0.29, 0.717) is 32.2 Å². The summed E-state index contributed by atoms with van der Waals surface area (Å²) in [5, 5.41) is 18.5. The highest BCUT2D eigenvalue weighted by atomic mass is 16.4. The number of hydrogen-bond acceptors (Lipinski definition) is 2. The number of likely N-dealkylation sites (tertiary alicyclic amines) is 1. The Morgan fingerprint density at radius 1 is 1.29 bits per heavy atom. The monoisotopic (exact) mass is 243 g/mol. The standard InChI is InChI=1S/C12H21NO4/c1-11(2,3)6-7-12(9(14)15)5-4-8-13(12)10(16)17/h4-8H2,1-3H3,(H,14,15)(H,16,17)/t12-/m0/s1. The summed E-state index contributed by atoms with van der Waals surface area (Å²) in [6, 6.07) is 0. The highest BCUT2D eigenvalue weighted by molar-refractivity contribution is 5.84. The lowest BCUT2D eigenvalue weighted by molar-refractivity contribution is -0.149. The van der Waals surface area contributed by atoms with Gasteiger partial charge in [-0.2, -0.15) is 0 Å². The summed E-state index contributed by atoms with van der Waals surface area (Å²) in [5.74, 6) is -1.01. The maximum atomic E-state index is 11.5. The van der Waals surface area contributed by atoms with Crippen LogP contribution in [0.15, 0.2) is 0 Å². The molecule has 5 heteroatoms. The molecule has 1 heterocycles. The minimum absolute atomic E-state index is 0.00914. The smallest absolute Gasteiger partial charge is 0.408 e. The average Bonchev–Trinajstić information content (AvgIpc) is 2.58. The first-order chi connectivity index (χ1) is 7.69. The van der Waals surface area contributed by atoms with Crippen LogP contribution in [0.2, 0.25) is 0 Å². The zero-order valence-electron chi connectivity index (χ0n) is 10.7. The van der Waals surface area contributed by atoms with Crippen LogP contribution in [-0.4, -0.2) is 39.3 Å². The van der Waals surface area contributed by atoms with Gasteiger partial charge in [0, 0.05) is 6.54 Å². The van der Waals surface area contributed by atoms with E-state index in [9.17, 15) is 14.7 Å². The molecule has 0 aromatic rings. The first-order valence-corrected chi connectivity index (χ1v) is 5.93. The largest absolute Gasteiger partial charge is 0.479 e. The van der Waals surface area contributed by atoms with Crippen molar-refractivity contribution in [1.29, 1.82) is 0 Å². The summed E-state index contributed by atoms with van der Waals surface area (Å²) in [7, 11) is 0. The van der Waals surface area contributed by atoms with Gasteiger partial charge in [0.15, 0.2) is 0 Å². The van der Waals surface area contributed by atoms with Gasteiger partial charge in [0.1, 0.15) is 5.54 Å². The molecule has 5 nitrogen and oxygen atoms in total. The SMILES string of the molecule is CC(C)(C)CC[C@]1(C(=O)O)CCCN1C(=O)O. The van der Waals surface area contributed by atoms with Crippen molar-refractivity contribution in [3.63, 3.8) is 0 Å². The fourth-order valence-corrected chi connectivity index (χ4v) is 2.33. The van der Waals surface area contributed by atoms with E-state index >= 15 is 0 Å². The van der Waals surface area contributed by atoms with Gasteiger partial charge in [-0.3, -0.25) is 4.90 Å². The van der Waals surface area contributed by atoms with Crippen molar-refractivity contribution in [2.24, 2.45) is 5.41 Å². The van der Waals surface area contributed by atoms with Crippen LogP contribution in [-0.2, 0) is 4.79 Å². The molecule has 17 heavy (non-hydrogen) atoms. The molecule has 0 saturated carbocycles. The first-order valence-electron chi connectivity index (χ1n) is 5.93. The third-order valence-electron chi connectivity index (χ3n) is 3.41. The molecule has 0 radical (unpaired) electrons. The lowest BCUT2D eigenvalue weighted by atomic mass is 9.82. The van der Waals surface area contributed by atoms with Gasteiger partial charge in [-0.25, -0.2) is 9.59 Å². The Labute approximate surface area is 101 Å². The minimum atomic E-state index is -1.21. The van der Waals surface area contributed by atoms with Crippen LogP contribution in [0.5, 0.6) is 0 Å². The lowest BCUT2D eigenvalue weighted by Gasteiger charge is -2.34. The molecule has 1 rings (SSSR count). The maximum absolute atomic E-state index is 11.5. The van der Waals surface area contributed by atoms with E-state index in [4.69, 9.17) is 5.11 Å². The molecule has 0 aromatic heterocycles. The molecule has 1 saturated heterocycles. The molecule has 0 unspecified atom stereocenters. The third kappa shape index (κ3) is 2.90. The van der Waals surface area contributed by atoms with Gasteiger partial charge in [-0.15, -0.1) is 0 Å². The lowest BCUT2D eigenvalue weighted by Crippen LogP contribution is -2.53. The zero-order valence-corrected chi connectivity index (χ0v) is 10.7. The van der Waals surface area contributed by atoms with Gasteiger partial charge >= 0.3 is 12.1 Å². The summed E-state index contributed by atoms with van der Waals surface area (Å²) >= 11 is 0. The predicted octanol–water partition coefficient (Wildman–Crippen LogP) is 2.41.